The summed E-state index contributed by atoms with van der Waals surface area (Å²) in [6.45, 7) is 1.17. The number of halogens is 2. The Morgan fingerprint density at radius 1 is 1.30 bits per heavy atom. The average molecular weight is 389 g/mol. The van der Waals surface area contributed by atoms with Gasteiger partial charge in [-0.05, 0) is 17.7 Å². The molecule has 27 heavy (non-hydrogen) atoms. The van der Waals surface area contributed by atoms with Crippen LogP contribution in [0.2, 0.25) is 0 Å². The summed E-state index contributed by atoms with van der Waals surface area (Å²) in [5.41, 5.74) is 1.70. The van der Waals surface area contributed by atoms with Crippen molar-refractivity contribution in [3.8, 4) is 17.1 Å². The van der Waals surface area contributed by atoms with Crippen LogP contribution in [0.15, 0.2) is 30.6 Å². The van der Waals surface area contributed by atoms with Gasteiger partial charge in [0.25, 0.3) is 5.92 Å². The Morgan fingerprint density at radius 3 is 2.89 bits per heavy atom. The molecular weight excluding hydrogens is 372 g/mol. The molecule has 1 aromatic carbocycles. The van der Waals surface area contributed by atoms with Crippen molar-refractivity contribution in [1.29, 1.82) is 0 Å². The predicted molar refractivity (Wildman–Crippen MR) is 98.1 cm³/mol. The van der Waals surface area contributed by atoms with E-state index in [-0.39, 0.29) is 12.1 Å². The molecule has 6 nitrogen and oxygen atoms in total. The van der Waals surface area contributed by atoms with Gasteiger partial charge >= 0.3 is 0 Å². The van der Waals surface area contributed by atoms with E-state index < -0.39 is 5.92 Å². The summed E-state index contributed by atoms with van der Waals surface area (Å²) in [6.07, 6.45) is 1.43. The number of rotatable bonds is 3. The van der Waals surface area contributed by atoms with Crippen molar-refractivity contribution in [3.63, 3.8) is 0 Å². The monoisotopic (exact) mass is 389 g/mol. The average Bonchev–Trinajstić information content (AvgIpc) is 3.26. The Morgan fingerprint density at radius 2 is 2.11 bits per heavy atom. The number of thiophene rings is 1. The second-order valence-electron chi connectivity index (χ2n) is 6.66. The first kappa shape index (κ1) is 16.6. The molecule has 0 bridgehead atoms. The van der Waals surface area contributed by atoms with Crippen molar-refractivity contribution >= 4 is 16.3 Å². The first-order chi connectivity index (χ1) is 13.1. The number of aromatic nitrogens is 3. The molecule has 0 atom stereocenters. The number of alkyl halides is 2. The maximum Gasteiger partial charge on any atom is 0.287 e. The minimum absolute atomic E-state index is 0.106. The first-order valence-corrected chi connectivity index (χ1v) is 9.39. The van der Waals surface area contributed by atoms with Gasteiger partial charge in [0.05, 0.1) is 24.8 Å². The molecule has 0 amide bonds. The molecule has 140 valence electrons. The van der Waals surface area contributed by atoms with Gasteiger partial charge in [0.2, 0.25) is 0 Å². The molecule has 0 radical (unpaired) electrons. The largest absolute Gasteiger partial charge is 0.497 e. The highest BCUT2D eigenvalue weighted by Gasteiger charge is 2.45. The van der Waals surface area contributed by atoms with Gasteiger partial charge < -0.3 is 15.0 Å². The number of anilines is 1. The van der Waals surface area contributed by atoms with Crippen molar-refractivity contribution in [2.45, 2.75) is 25.7 Å². The SMILES string of the molecule is COc1ccc(CN2Cn3ncnc3-c3c2sc2c3C(F)(F)CNC2)cc1. The first-order valence-electron chi connectivity index (χ1n) is 8.57. The van der Waals surface area contributed by atoms with Gasteiger partial charge in [-0.3, -0.25) is 0 Å². The van der Waals surface area contributed by atoms with Crippen LogP contribution in [0.1, 0.15) is 16.0 Å². The molecule has 9 heteroatoms. The molecule has 2 aliphatic heterocycles. The molecule has 0 fully saturated rings. The van der Waals surface area contributed by atoms with Crippen molar-refractivity contribution in [2.24, 2.45) is 0 Å². The number of fused-ring (bicyclic) bond motifs is 5. The molecule has 1 N–H and O–H groups in total. The Bertz CT molecular complexity index is 998. The third-order valence-electron chi connectivity index (χ3n) is 4.92. The van der Waals surface area contributed by atoms with E-state index in [1.165, 1.54) is 17.7 Å². The second kappa shape index (κ2) is 6.00. The zero-order valence-corrected chi connectivity index (χ0v) is 15.4. The lowest BCUT2D eigenvalue weighted by molar-refractivity contribution is -0.00933. The third-order valence-corrected chi connectivity index (χ3v) is 6.17. The molecule has 4 heterocycles. The van der Waals surface area contributed by atoms with E-state index in [0.29, 0.717) is 36.0 Å². The van der Waals surface area contributed by atoms with Crippen LogP contribution in [-0.2, 0) is 25.7 Å². The van der Waals surface area contributed by atoms with Crippen molar-refractivity contribution in [3.05, 3.63) is 46.6 Å². The number of ether oxygens (including phenoxy) is 1. The lowest BCUT2D eigenvalue weighted by Crippen LogP contribution is -2.36. The Kier molecular flexibility index (Phi) is 3.70. The van der Waals surface area contributed by atoms with Gasteiger partial charge in [-0.2, -0.15) is 13.9 Å². The molecule has 0 spiro atoms. The van der Waals surface area contributed by atoms with Crippen molar-refractivity contribution < 1.29 is 13.5 Å². The second-order valence-corrected chi connectivity index (χ2v) is 7.74. The van der Waals surface area contributed by atoms with Crippen molar-refractivity contribution in [1.82, 2.24) is 20.1 Å². The maximum absolute atomic E-state index is 14.7. The number of nitrogens with one attached hydrogen (secondary N) is 1. The number of benzene rings is 1. The van der Waals surface area contributed by atoms with E-state index in [0.717, 1.165) is 16.3 Å². The summed E-state index contributed by atoms with van der Waals surface area (Å²) in [6, 6.07) is 7.77. The number of hydrogen-bond acceptors (Lipinski definition) is 6. The Balaban J connectivity index is 1.60. The van der Waals surface area contributed by atoms with Crippen LogP contribution in [0, 0.1) is 0 Å². The smallest absolute Gasteiger partial charge is 0.287 e. The number of hydrogen-bond donors (Lipinski definition) is 1. The van der Waals surface area contributed by atoms with Crippen LogP contribution in [0.3, 0.4) is 0 Å². The topological polar surface area (TPSA) is 55.2 Å². The molecule has 5 rings (SSSR count). The minimum Gasteiger partial charge on any atom is -0.497 e. The summed E-state index contributed by atoms with van der Waals surface area (Å²) < 4.78 is 36.3. The van der Waals surface area contributed by atoms with Crippen LogP contribution in [0.25, 0.3) is 11.4 Å². The molecule has 0 saturated carbocycles. The van der Waals surface area contributed by atoms with E-state index >= 15 is 0 Å². The van der Waals surface area contributed by atoms with Gasteiger partial charge in [-0.15, -0.1) is 11.3 Å². The standard InChI is InChI=1S/C18H17F2N5OS/c1-26-12-4-2-11(3-5-12)7-24-10-25-16(22-9-23-25)14-15-13(27-17(14)24)6-21-8-18(15,19)20/h2-5,9,21H,6-8,10H2,1H3. The highest BCUT2D eigenvalue weighted by molar-refractivity contribution is 7.17. The van der Waals surface area contributed by atoms with Crippen LogP contribution in [0.5, 0.6) is 5.75 Å². The fourth-order valence-electron chi connectivity index (χ4n) is 3.69. The minimum atomic E-state index is -2.92. The lowest BCUT2D eigenvalue weighted by atomic mass is 9.99. The van der Waals surface area contributed by atoms with E-state index in [1.54, 1.807) is 11.8 Å². The normalized spacial score (nSPS) is 17.2. The third kappa shape index (κ3) is 2.61. The molecule has 0 unspecified atom stereocenters. The Hall–Kier alpha value is -2.52. The molecule has 0 saturated heterocycles. The summed E-state index contributed by atoms with van der Waals surface area (Å²) in [5.74, 6) is -1.61. The number of methoxy groups -OCH3 is 1. The van der Waals surface area contributed by atoms with E-state index in [2.05, 4.69) is 20.3 Å². The molecule has 2 aromatic heterocycles. The quantitative estimate of drug-likeness (QED) is 0.746. The van der Waals surface area contributed by atoms with Gasteiger partial charge in [-0.1, -0.05) is 12.1 Å². The van der Waals surface area contributed by atoms with Crippen LogP contribution >= 0.6 is 11.3 Å². The fourth-order valence-corrected chi connectivity index (χ4v) is 5.00. The van der Waals surface area contributed by atoms with Gasteiger partial charge in [-0.25, -0.2) is 9.67 Å². The van der Waals surface area contributed by atoms with Gasteiger partial charge in [0.1, 0.15) is 23.7 Å². The van der Waals surface area contributed by atoms with E-state index in [1.807, 2.05) is 24.3 Å². The number of nitrogens with zero attached hydrogens (tertiary/aromatic N) is 4. The summed E-state index contributed by atoms with van der Waals surface area (Å²) in [5, 5.41) is 7.89. The lowest BCUT2D eigenvalue weighted by Gasteiger charge is -2.30. The van der Waals surface area contributed by atoms with Crippen LogP contribution in [0.4, 0.5) is 13.8 Å². The highest BCUT2D eigenvalue weighted by atomic mass is 32.1. The predicted octanol–water partition coefficient (Wildman–Crippen LogP) is 3.19. The zero-order chi connectivity index (χ0) is 18.6. The summed E-state index contributed by atoms with van der Waals surface area (Å²) >= 11 is 1.42. The summed E-state index contributed by atoms with van der Waals surface area (Å²) in [4.78, 5) is 7.02. The van der Waals surface area contributed by atoms with E-state index in [9.17, 15) is 8.78 Å². The van der Waals surface area contributed by atoms with E-state index in [4.69, 9.17) is 4.74 Å². The van der Waals surface area contributed by atoms with Crippen molar-refractivity contribution in [2.75, 3.05) is 18.6 Å². The molecular formula is C18H17F2N5OS. The van der Waals surface area contributed by atoms with Gasteiger partial charge in [0, 0.05) is 18.0 Å². The molecule has 2 aliphatic rings. The molecule has 0 aliphatic carbocycles. The van der Waals surface area contributed by atoms with Crippen LogP contribution < -0.4 is 15.0 Å². The zero-order valence-electron chi connectivity index (χ0n) is 14.6. The highest BCUT2D eigenvalue weighted by Crippen LogP contribution is 2.51. The maximum atomic E-state index is 14.7. The van der Waals surface area contributed by atoms with Crippen LogP contribution in [-0.4, -0.2) is 28.4 Å². The van der Waals surface area contributed by atoms with Gasteiger partial charge in [0.15, 0.2) is 5.82 Å². The summed E-state index contributed by atoms with van der Waals surface area (Å²) in [7, 11) is 1.63. The molecule has 3 aromatic rings. The fraction of sp³-hybridized carbons (Fsp3) is 0.333. The Labute approximate surface area is 158 Å².